The van der Waals surface area contributed by atoms with Crippen molar-refractivity contribution in [1.29, 1.82) is 0 Å². The lowest BCUT2D eigenvalue weighted by Gasteiger charge is -2.22. The van der Waals surface area contributed by atoms with E-state index in [1.165, 1.54) is 12.7 Å². The average molecular weight is 233 g/mol. The average Bonchev–Trinajstić information content (AvgIpc) is 2.86. The number of H-pyrrole nitrogens is 1. The highest BCUT2D eigenvalue weighted by atomic mass is 16.5. The van der Waals surface area contributed by atoms with Crippen molar-refractivity contribution < 1.29 is 4.74 Å². The first-order valence-corrected chi connectivity index (χ1v) is 5.89. The van der Waals surface area contributed by atoms with Crippen LogP contribution in [0.4, 0.5) is 5.82 Å². The van der Waals surface area contributed by atoms with Gasteiger partial charge in [0.25, 0.3) is 0 Å². The molecule has 6 heteroatoms. The molecule has 6 nitrogen and oxygen atoms in total. The third kappa shape index (κ3) is 2.21. The summed E-state index contributed by atoms with van der Waals surface area (Å²) in [6, 6.07) is 0. The Bertz CT molecular complexity index is 491. The van der Waals surface area contributed by atoms with E-state index in [1.807, 2.05) is 0 Å². The number of anilines is 1. The Labute approximate surface area is 98.8 Å². The van der Waals surface area contributed by atoms with E-state index in [2.05, 4.69) is 25.3 Å². The Morgan fingerprint density at radius 1 is 1.41 bits per heavy atom. The van der Waals surface area contributed by atoms with Gasteiger partial charge in [-0.2, -0.15) is 0 Å². The standard InChI is InChI=1S/C11H15N5O/c1-2-8(5-17-3-1)4-12-10-9-11(14-6-13-9)16-7-15-10/h6-8H,1-5H2,(H2,12,13,14,15,16). The van der Waals surface area contributed by atoms with Gasteiger partial charge < -0.3 is 15.0 Å². The minimum Gasteiger partial charge on any atom is -0.381 e. The van der Waals surface area contributed by atoms with Crippen molar-refractivity contribution in [3.63, 3.8) is 0 Å². The monoisotopic (exact) mass is 233 g/mol. The van der Waals surface area contributed by atoms with Crippen molar-refractivity contribution >= 4 is 17.0 Å². The third-order valence-electron chi connectivity index (χ3n) is 3.04. The van der Waals surface area contributed by atoms with Gasteiger partial charge in [-0.3, -0.25) is 0 Å². The van der Waals surface area contributed by atoms with Gasteiger partial charge >= 0.3 is 0 Å². The molecule has 0 radical (unpaired) electrons. The van der Waals surface area contributed by atoms with E-state index in [-0.39, 0.29) is 0 Å². The van der Waals surface area contributed by atoms with E-state index in [0.717, 1.165) is 37.5 Å². The topological polar surface area (TPSA) is 75.7 Å². The first-order valence-electron chi connectivity index (χ1n) is 5.89. The molecule has 1 unspecified atom stereocenters. The van der Waals surface area contributed by atoms with Crippen molar-refractivity contribution in [2.24, 2.45) is 5.92 Å². The van der Waals surface area contributed by atoms with Crippen LogP contribution in [0.2, 0.25) is 0 Å². The van der Waals surface area contributed by atoms with Gasteiger partial charge in [-0.15, -0.1) is 0 Å². The summed E-state index contributed by atoms with van der Waals surface area (Å²) >= 11 is 0. The van der Waals surface area contributed by atoms with Gasteiger partial charge in [0.15, 0.2) is 11.5 Å². The first-order chi connectivity index (χ1) is 8.43. The summed E-state index contributed by atoms with van der Waals surface area (Å²) in [5.41, 5.74) is 1.56. The van der Waals surface area contributed by atoms with Crippen LogP contribution < -0.4 is 5.32 Å². The van der Waals surface area contributed by atoms with Gasteiger partial charge in [-0.25, -0.2) is 15.0 Å². The molecule has 1 aliphatic heterocycles. The van der Waals surface area contributed by atoms with Gasteiger partial charge in [0.05, 0.1) is 12.9 Å². The fraction of sp³-hybridized carbons (Fsp3) is 0.545. The fourth-order valence-corrected chi connectivity index (χ4v) is 2.11. The van der Waals surface area contributed by atoms with Crippen molar-refractivity contribution in [1.82, 2.24) is 19.9 Å². The van der Waals surface area contributed by atoms with Crippen LogP contribution >= 0.6 is 0 Å². The molecule has 0 spiro atoms. The lowest BCUT2D eigenvalue weighted by atomic mass is 10.0. The van der Waals surface area contributed by atoms with Crippen LogP contribution in [-0.4, -0.2) is 39.7 Å². The minimum atomic E-state index is 0.566. The highest BCUT2D eigenvalue weighted by Crippen LogP contribution is 2.17. The number of fused-ring (bicyclic) bond motifs is 1. The summed E-state index contributed by atoms with van der Waals surface area (Å²) in [6.45, 7) is 2.62. The summed E-state index contributed by atoms with van der Waals surface area (Å²) in [5.74, 6) is 1.38. The normalized spacial score (nSPS) is 20.6. The molecule has 3 rings (SSSR count). The van der Waals surface area contributed by atoms with Crippen LogP contribution in [0.3, 0.4) is 0 Å². The number of nitrogens with zero attached hydrogens (tertiary/aromatic N) is 3. The Hall–Kier alpha value is -1.69. The predicted molar refractivity (Wildman–Crippen MR) is 63.7 cm³/mol. The van der Waals surface area contributed by atoms with E-state index >= 15 is 0 Å². The number of aromatic nitrogens is 4. The Balaban J connectivity index is 1.69. The number of imidazole rings is 1. The number of nitrogens with one attached hydrogen (secondary N) is 2. The largest absolute Gasteiger partial charge is 0.381 e. The molecule has 1 fully saturated rings. The Morgan fingerprint density at radius 3 is 3.29 bits per heavy atom. The van der Waals surface area contributed by atoms with Crippen LogP contribution in [0, 0.1) is 5.92 Å². The molecule has 0 aliphatic carbocycles. The van der Waals surface area contributed by atoms with Crippen molar-refractivity contribution in [3.8, 4) is 0 Å². The molecule has 1 saturated heterocycles. The molecule has 0 aromatic carbocycles. The second-order valence-electron chi connectivity index (χ2n) is 4.29. The smallest absolute Gasteiger partial charge is 0.182 e. The lowest BCUT2D eigenvalue weighted by Crippen LogP contribution is -2.24. The van der Waals surface area contributed by atoms with Crippen LogP contribution in [0.25, 0.3) is 11.2 Å². The lowest BCUT2D eigenvalue weighted by molar-refractivity contribution is 0.0595. The molecule has 0 bridgehead atoms. The molecular formula is C11H15N5O. The summed E-state index contributed by atoms with van der Waals surface area (Å²) in [6.07, 6.45) is 5.52. The van der Waals surface area contributed by atoms with Gasteiger partial charge in [0.1, 0.15) is 11.8 Å². The minimum absolute atomic E-state index is 0.566. The molecule has 2 aromatic rings. The van der Waals surface area contributed by atoms with Gasteiger partial charge in [0, 0.05) is 13.2 Å². The molecule has 90 valence electrons. The van der Waals surface area contributed by atoms with Gasteiger partial charge in [-0.05, 0) is 18.8 Å². The molecule has 1 aliphatic rings. The summed E-state index contributed by atoms with van der Waals surface area (Å²) in [5, 5.41) is 3.34. The molecule has 17 heavy (non-hydrogen) atoms. The molecule has 0 saturated carbocycles. The Morgan fingerprint density at radius 2 is 2.41 bits per heavy atom. The summed E-state index contributed by atoms with van der Waals surface area (Å²) in [4.78, 5) is 15.5. The van der Waals surface area contributed by atoms with Crippen LogP contribution in [-0.2, 0) is 4.74 Å². The molecular weight excluding hydrogens is 218 g/mol. The summed E-state index contributed by atoms with van der Waals surface area (Å²) < 4.78 is 5.45. The van der Waals surface area contributed by atoms with E-state index in [1.54, 1.807) is 6.33 Å². The summed E-state index contributed by atoms with van der Waals surface area (Å²) in [7, 11) is 0. The molecule has 2 N–H and O–H groups in total. The van der Waals surface area contributed by atoms with Crippen molar-refractivity contribution in [3.05, 3.63) is 12.7 Å². The molecule has 1 atom stereocenters. The second-order valence-corrected chi connectivity index (χ2v) is 4.29. The maximum absolute atomic E-state index is 5.45. The van der Waals surface area contributed by atoms with E-state index < -0.39 is 0 Å². The zero-order valence-electron chi connectivity index (χ0n) is 9.52. The predicted octanol–water partition coefficient (Wildman–Crippen LogP) is 1.19. The van der Waals surface area contributed by atoms with Crippen LogP contribution in [0.1, 0.15) is 12.8 Å². The highest BCUT2D eigenvalue weighted by molar-refractivity contribution is 5.81. The van der Waals surface area contributed by atoms with Gasteiger partial charge in [-0.1, -0.05) is 0 Å². The van der Waals surface area contributed by atoms with Gasteiger partial charge in [0.2, 0.25) is 0 Å². The number of aromatic amines is 1. The molecule has 2 aromatic heterocycles. The van der Waals surface area contributed by atoms with E-state index in [9.17, 15) is 0 Å². The zero-order valence-corrected chi connectivity index (χ0v) is 9.52. The highest BCUT2D eigenvalue weighted by Gasteiger charge is 2.14. The molecule has 3 heterocycles. The number of hydrogen-bond acceptors (Lipinski definition) is 5. The van der Waals surface area contributed by atoms with Crippen molar-refractivity contribution in [2.45, 2.75) is 12.8 Å². The number of rotatable bonds is 3. The molecule has 0 amide bonds. The quantitative estimate of drug-likeness (QED) is 0.832. The van der Waals surface area contributed by atoms with Crippen LogP contribution in [0.15, 0.2) is 12.7 Å². The Kier molecular flexibility index (Phi) is 2.87. The number of hydrogen-bond donors (Lipinski definition) is 2. The maximum atomic E-state index is 5.45. The zero-order chi connectivity index (χ0) is 11.5. The first kappa shape index (κ1) is 10.5. The van der Waals surface area contributed by atoms with E-state index in [0.29, 0.717) is 11.6 Å². The number of ether oxygens (including phenoxy) is 1. The van der Waals surface area contributed by atoms with Crippen LogP contribution in [0.5, 0.6) is 0 Å². The third-order valence-corrected chi connectivity index (χ3v) is 3.04. The maximum Gasteiger partial charge on any atom is 0.182 e. The SMILES string of the molecule is c1nc(NCC2CCCOC2)c2[nH]cnc2n1. The van der Waals surface area contributed by atoms with Crippen molar-refractivity contribution in [2.75, 3.05) is 25.1 Å². The van der Waals surface area contributed by atoms with E-state index in [4.69, 9.17) is 4.74 Å². The second kappa shape index (κ2) is 4.67. The fourth-order valence-electron chi connectivity index (χ4n) is 2.11.